The summed E-state index contributed by atoms with van der Waals surface area (Å²) < 4.78 is 0. The SMILES string of the molecule is CCCC[C@H]1C(=O)N(C)CCN1C(=O)NCCc1nc(C(C)C)cs1. The van der Waals surface area contributed by atoms with E-state index in [0.717, 1.165) is 36.4 Å². The molecule has 1 N–H and O–H groups in total. The van der Waals surface area contributed by atoms with Gasteiger partial charge in [0, 0.05) is 38.5 Å². The number of carbonyl (C=O) groups excluding carboxylic acids is 2. The zero-order chi connectivity index (χ0) is 18.4. The second kappa shape index (κ2) is 9.17. The summed E-state index contributed by atoms with van der Waals surface area (Å²) in [6.45, 7) is 8.09. The van der Waals surface area contributed by atoms with Gasteiger partial charge in [-0.05, 0) is 12.3 Å². The van der Waals surface area contributed by atoms with E-state index in [-0.39, 0.29) is 18.0 Å². The quantitative estimate of drug-likeness (QED) is 0.807. The van der Waals surface area contributed by atoms with Crippen LogP contribution in [0.2, 0.25) is 0 Å². The molecule has 0 saturated carbocycles. The van der Waals surface area contributed by atoms with Gasteiger partial charge in [0.25, 0.3) is 0 Å². The number of likely N-dealkylation sites (N-methyl/N-ethyl adjacent to an activating group) is 1. The third kappa shape index (κ3) is 5.17. The maximum Gasteiger partial charge on any atom is 0.318 e. The van der Waals surface area contributed by atoms with Crippen molar-refractivity contribution in [2.45, 2.75) is 58.4 Å². The van der Waals surface area contributed by atoms with Gasteiger partial charge in [-0.25, -0.2) is 9.78 Å². The first-order valence-corrected chi connectivity index (χ1v) is 10.1. The van der Waals surface area contributed by atoms with Crippen molar-refractivity contribution >= 4 is 23.3 Å². The Kier molecular flexibility index (Phi) is 7.23. The average Bonchev–Trinajstić information content (AvgIpc) is 3.05. The van der Waals surface area contributed by atoms with Crippen molar-refractivity contribution in [3.05, 3.63) is 16.1 Å². The van der Waals surface area contributed by atoms with Crippen LogP contribution in [-0.4, -0.2) is 59.4 Å². The Morgan fingerprint density at radius 1 is 1.44 bits per heavy atom. The minimum absolute atomic E-state index is 0.0522. The predicted molar refractivity (Wildman–Crippen MR) is 101 cm³/mol. The third-order valence-corrected chi connectivity index (χ3v) is 5.51. The van der Waals surface area contributed by atoms with Crippen LogP contribution in [0.1, 0.15) is 56.7 Å². The highest BCUT2D eigenvalue weighted by molar-refractivity contribution is 7.09. The molecule has 140 valence electrons. The molecule has 7 heteroatoms. The fourth-order valence-corrected chi connectivity index (χ4v) is 3.87. The lowest BCUT2D eigenvalue weighted by atomic mass is 10.0. The molecule has 2 rings (SSSR count). The summed E-state index contributed by atoms with van der Waals surface area (Å²) in [6.07, 6.45) is 3.43. The number of carbonyl (C=O) groups is 2. The van der Waals surface area contributed by atoms with Gasteiger partial charge in [0.05, 0.1) is 10.7 Å². The molecule has 1 aliphatic rings. The molecule has 3 amide bonds. The molecule has 1 fully saturated rings. The highest BCUT2D eigenvalue weighted by Gasteiger charge is 2.35. The summed E-state index contributed by atoms with van der Waals surface area (Å²) >= 11 is 1.64. The molecular weight excluding hydrogens is 336 g/mol. The van der Waals surface area contributed by atoms with Crippen LogP contribution in [-0.2, 0) is 11.2 Å². The van der Waals surface area contributed by atoms with Crippen LogP contribution in [0.4, 0.5) is 4.79 Å². The molecule has 2 heterocycles. The van der Waals surface area contributed by atoms with E-state index in [0.29, 0.717) is 25.6 Å². The van der Waals surface area contributed by atoms with E-state index in [1.54, 1.807) is 21.1 Å². The Labute approximate surface area is 154 Å². The van der Waals surface area contributed by atoms with Crippen molar-refractivity contribution in [2.75, 3.05) is 26.7 Å². The third-order valence-electron chi connectivity index (χ3n) is 4.58. The molecule has 0 aliphatic carbocycles. The number of urea groups is 1. The Hall–Kier alpha value is -1.63. The van der Waals surface area contributed by atoms with Gasteiger partial charge >= 0.3 is 6.03 Å². The normalized spacial score (nSPS) is 18.1. The number of thiazole rings is 1. The van der Waals surface area contributed by atoms with E-state index in [2.05, 4.69) is 36.5 Å². The zero-order valence-corrected chi connectivity index (χ0v) is 16.6. The van der Waals surface area contributed by atoms with Gasteiger partial charge in [-0.1, -0.05) is 33.6 Å². The highest BCUT2D eigenvalue weighted by atomic mass is 32.1. The van der Waals surface area contributed by atoms with Gasteiger partial charge < -0.3 is 15.1 Å². The molecule has 1 saturated heterocycles. The van der Waals surface area contributed by atoms with Gasteiger partial charge in [0.15, 0.2) is 0 Å². The summed E-state index contributed by atoms with van der Waals surface area (Å²) in [5, 5.41) is 6.09. The standard InChI is InChI=1S/C18H30N4O2S/c1-5-6-7-15-17(23)21(4)10-11-22(15)18(24)19-9-8-16-20-14(12-25-16)13(2)3/h12-13,15H,5-11H2,1-4H3,(H,19,24)/t15-/m0/s1. The van der Waals surface area contributed by atoms with Crippen LogP contribution in [0.5, 0.6) is 0 Å². The second-order valence-corrected chi connectivity index (χ2v) is 7.86. The molecule has 0 unspecified atom stereocenters. The summed E-state index contributed by atoms with van der Waals surface area (Å²) in [4.78, 5) is 33.0. The van der Waals surface area contributed by atoms with Crippen molar-refractivity contribution in [1.82, 2.24) is 20.1 Å². The molecule has 0 bridgehead atoms. The van der Waals surface area contributed by atoms with Gasteiger partial charge in [-0.2, -0.15) is 0 Å². The number of rotatable bonds is 7. The van der Waals surface area contributed by atoms with Crippen molar-refractivity contribution in [3.63, 3.8) is 0 Å². The van der Waals surface area contributed by atoms with Crippen LogP contribution in [0.25, 0.3) is 0 Å². The first kappa shape index (κ1) is 19.7. The smallest absolute Gasteiger partial charge is 0.318 e. The average molecular weight is 367 g/mol. The lowest BCUT2D eigenvalue weighted by molar-refractivity contribution is -0.138. The van der Waals surface area contributed by atoms with Crippen molar-refractivity contribution in [3.8, 4) is 0 Å². The lowest BCUT2D eigenvalue weighted by Gasteiger charge is -2.39. The Bertz CT molecular complexity index is 587. The van der Waals surface area contributed by atoms with E-state index in [9.17, 15) is 9.59 Å². The summed E-state index contributed by atoms with van der Waals surface area (Å²) in [5.74, 6) is 0.478. The number of nitrogens with one attached hydrogen (secondary N) is 1. The Morgan fingerprint density at radius 2 is 2.20 bits per heavy atom. The fourth-order valence-electron chi connectivity index (χ4n) is 2.91. The molecular formula is C18H30N4O2S. The maximum atomic E-state index is 12.6. The topological polar surface area (TPSA) is 65.5 Å². The van der Waals surface area contributed by atoms with E-state index < -0.39 is 0 Å². The van der Waals surface area contributed by atoms with Gasteiger partial charge in [0.1, 0.15) is 6.04 Å². The lowest BCUT2D eigenvalue weighted by Crippen LogP contribution is -2.59. The molecule has 1 aromatic rings. The van der Waals surface area contributed by atoms with Crippen LogP contribution < -0.4 is 5.32 Å². The van der Waals surface area contributed by atoms with Crippen LogP contribution in [0.15, 0.2) is 5.38 Å². The molecule has 25 heavy (non-hydrogen) atoms. The summed E-state index contributed by atoms with van der Waals surface area (Å²) in [6, 6.07) is -0.464. The summed E-state index contributed by atoms with van der Waals surface area (Å²) in [7, 11) is 1.81. The molecule has 0 spiro atoms. The van der Waals surface area contributed by atoms with Crippen LogP contribution in [0.3, 0.4) is 0 Å². The van der Waals surface area contributed by atoms with Crippen molar-refractivity contribution in [2.24, 2.45) is 0 Å². The monoisotopic (exact) mass is 366 g/mol. The fraction of sp³-hybridized carbons (Fsp3) is 0.722. The van der Waals surface area contributed by atoms with Crippen LogP contribution >= 0.6 is 11.3 Å². The zero-order valence-electron chi connectivity index (χ0n) is 15.7. The van der Waals surface area contributed by atoms with Gasteiger partial charge in [-0.3, -0.25) is 4.79 Å². The largest absolute Gasteiger partial charge is 0.342 e. The van der Waals surface area contributed by atoms with Crippen molar-refractivity contribution < 1.29 is 9.59 Å². The number of amides is 3. The Balaban J connectivity index is 1.87. The number of piperazine rings is 1. The van der Waals surface area contributed by atoms with Gasteiger partial charge in [-0.15, -0.1) is 11.3 Å². The minimum atomic E-state index is -0.328. The molecule has 0 aromatic carbocycles. The number of hydrogen-bond acceptors (Lipinski definition) is 4. The van der Waals surface area contributed by atoms with Crippen LogP contribution in [0, 0.1) is 0 Å². The highest BCUT2D eigenvalue weighted by Crippen LogP contribution is 2.18. The molecule has 1 aliphatic heterocycles. The molecule has 6 nitrogen and oxygen atoms in total. The molecule has 1 aromatic heterocycles. The number of unbranched alkanes of at least 4 members (excludes halogenated alkanes) is 1. The number of hydrogen-bond donors (Lipinski definition) is 1. The first-order valence-electron chi connectivity index (χ1n) is 9.17. The van der Waals surface area contributed by atoms with E-state index in [4.69, 9.17) is 0 Å². The second-order valence-electron chi connectivity index (χ2n) is 6.91. The summed E-state index contributed by atoms with van der Waals surface area (Å²) in [5.41, 5.74) is 1.11. The minimum Gasteiger partial charge on any atom is -0.342 e. The molecule has 0 radical (unpaired) electrons. The predicted octanol–water partition coefficient (Wildman–Crippen LogP) is 2.85. The van der Waals surface area contributed by atoms with E-state index in [1.165, 1.54) is 0 Å². The molecule has 1 atom stereocenters. The van der Waals surface area contributed by atoms with Gasteiger partial charge in [0.2, 0.25) is 5.91 Å². The van der Waals surface area contributed by atoms with E-state index in [1.807, 2.05) is 7.05 Å². The first-order chi connectivity index (χ1) is 11.9. The number of aromatic nitrogens is 1. The number of nitrogens with zero attached hydrogens (tertiary/aromatic N) is 3. The maximum absolute atomic E-state index is 12.6. The van der Waals surface area contributed by atoms with Crippen molar-refractivity contribution in [1.29, 1.82) is 0 Å². The Morgan fingerprint density at radius 3 is 2.84 bits per heavy atom. The van der Waals surface area contributed by atoms with E-state index >= 15 is 0 Å².